The maximum absolute atomic E-state index is 13.4. The van der Waals surface area contributed by atoms with E-state index in [1.807, 2.05) is 0 Å². The lowest BCUT2D eigenvalue weighted by Gasteiger charge is -2.24. The van der Waals surface area contributed by atoms with Crippen LogP contribution in [0.1, 0.15) is 72.0 Å². The summed E-state index contributed by atoms with van der Waals surface area (Å²) >= 11 is 1.19. The smallest absolute Gasteiger partial charge is 0.392 e. The number of ketones is 1. The van der Waals surface area contributed by atoms with Crippen LogP contribution in [0.5, 0.6) is 0 Å². The van der Waals surface area contributed by atoms with Crippen LogP contribution >= 0.6 is 11.3 Å². The second-order valence-corrected chi connectivity index (χ2v) is 10.3. The van der Waals surface area contributed by atoms with Crippen LogP contribution < -0.4 is 0 Å². The van der Waals surface area contributed by atoms with Gasteiger partial charge in [-0.1, -0.05) is 5.16 Å². The van der Waals surface area contributed by atoms with Crippen molar-refractivity contribution in [3.63, 3.8) is 0 Å². The molecule has 0 bridgehead atoms. The maximum Gasteiger partial charge on any atom is 0.392 e. The van der Waals surface area contributed by atoms with Crippen LogP contribution in [0.4, 0.5) is 13.2 Å². The summed E-state index contributed by atoms with van der Waals surface area (Å²) in [5.41, 5.74) is 1.81. The van der Waals surface area contributed by atoms with Crippen molar-refractivity contribution in [3.8, 4) is 11.5 Å². The summed E-state index contributed by atoms with van der Waals surface area (Å²) in [6.07, 6.45) is -0.0877. The summed E-state index contributed by atoms with van der Waals surface area (Å²) in [6.45, 7) is 0. The van der Waals surface area contributed by atoms with E-state index in [9.17, 15) is 27.9 Å². The number of alkyl halides is 3. The molecule has 1 unspecified atom stereocenters. The van der Waals surface area contributed by atoms with Crippen molar-refractivity contribution < 1.29 is 32.4 Å². The second kappa shape index (κ2) is 8.38. The van der Waals surface area contributed by atoms with Crippen LogP contribution in [0.3, 0.4) is 0 Å². The highest BCUT2D eigenvalue weighted by Gasteiger charge is 2.43. The molecule has 2 aromatic heterocycles. The summed E-state index contributed by atoms with van der Waals surface area (Å²) in [6, 6.07) is 0. The maximum atomic E-state index is 13.4. The molecule has 176 valence electrons. The molecule has 10 heteroatoms. The van der Waals surface area contributed by atoms with Crippen molar-refractivity contribution in [1.29, 1.82) is 0 Å². The number of halogens is 3. The normalized spacial score (nSPS) is 21.2. The van der Waals surface area contributed by atoms with E-state index in [-0.39, 0.29) is 48.8 Å². The molecule has 3 aliphatic carbocycles. The molecular weight excluding hydrogens is 457 g/mol. The highest BCUT2D eigenvalue weighted by Crippen LogP contribution is 2.46. The monoisotopic (exact) mass is 480 g/mol. The molecule has 0 radical (unpaired) electrons. The molecule has 0 amide bonds. The summed E-state index contributed by atoms with van der Waals surface area (Å²) in [5.74, 6) is -1.69. The van der Waals surface area contributed by atoms with E-state index in [1.54, 1.807) is 0 Å². The van der Waals surface area contributed by atoms with E-state index in [4.69, 9.17) is 4.52 Å². The van der Waals surface area contributed by atoms with Crippen molar-refractivity contribution >= 4 is 23.1 Å². The molecule has 1 atom stereocenters. The molecule has 1 fully saturated rings. The Hall–Kier alpha value is -2.49. The molecule has 1 saturated carbocycles. The number of carbonyl (C=O) groups is 2. The van der Waals surface area contributed by atoms with Crippen LogP contribution in [0.2, 0.25) is 0 Å². The molecule has 3 aliphatic rings. The molecule has 0 spiro atoms. The third kappa shape index (κ3) is 4.37. The standard InChI is InChI=1S/C23H23F3N2O4S/c24-23(25,26)12-7-8-15-17(9-12)33-18(19(15)21-27-20(28-32-21)11-5-6-11)10-16(29)13-3-1-2-4-14(13)22(30)31/h11-12H,1-10H2,(H,30,31). The number of nitrogens with zero attached hydrogens (tertiary/aromatic N) is 2. The Bertz CT molecular complexity index is 1140. The summed E-state index contributed by atoms with van der Waals surface area (Å²) in [4.78, 5) is 30.5. The highest BCUT2D eigenvalue weighted by atomic mass is 32.1. The van der Waals surface area contributed by atoms with Crippen LogP contribution in [-0.2, 0) is 28.9 Å². The summed E-state index contributed by atoms with van der Waals surface area (Å²) in [5, 5.41) is 13.6. The first-order chi connectivity index (χ1) is 15.7. The van der Waals surface area contributed by atoms with Gasteiger partial charge in [0.1, 0.15) is 0 Å². The van der Waals surface area contributed by atoms with Crippen molar-refractivity contribution in [2.75, 3.05) is 0 Å². The van der Waals surface area contributed by atoms with Crippen LogP contribution in [-0.4, -0.2) is 33.2 Å². The van der Waals surface area contributed by atoms with Gasteiger partial charge in [0.25, 0.3) is 5.89 Å². The third-order valence-electron chi connectivity index (χ3n) is 6.78. The zero-order chi connectivity index (χ0) is 23.3. The third-order valence-corrected chi connectivity index (χ3v) is 8.04. The Balaban J connectivity index is 1.52. The fourth-order valence-corrected chi connectivity index (χ4v) is 6.27. The van der Waals surface area contributed by atoms with Crippen molar-refractivity contribution in [1.82, 2.24) is 10.1 Å². The first-order valence-corrected chi connectivity index (χ1v) is 12.1. The van der Waals surface area contributed by atoms with Gasteiger partial charge in [0, 0.05) is 33.2 Å². The van der Waals surface area contributed by atoms with Crippen molar-refractivity contribution in [2.45, 2.75) is 76.3 Å². The number of fused-ring (bicyclic) bond motifs is 1. The predicted molar refractivity (Wildman–Crippen MR) is 113 cm³/mol. The number of carbonyl (C=O) groups excluding carboxylic acids is 1. The Morgan fingerprint density at radius 1 is 1.09 bits per heavy atom. The number of carboxylic acids is 1. The lowest BCUT2D eigenvalue weighted by molar-refractivity contribution is -0.176. The number of rotatable bonds is 6. The van der Waals surface area contributed by atoms with Crippen molar-refractivity contribution in [3.05, 3.63) is 32.3 Å². The number of allylic oxidation sites excluding steroid dienone is 1. The number of aliphatic carboxylic acids is 1. The van der Waals surface area contributed by atoms with Gasteiger partial charge in [-0.3, -0.25) is 4.79 Å². The van der Waals surface area contributed by atoms with E-state index >= 15 is 0 Å². The molecule has 2 heterocycles. The topological polar surface area (TPSA) is 93.3 Å². The van der Waals surface area contributed by atoms with Gasteiger partial charge in [-0.25, -0.2) is 4.79 Å². The van der Waals surface area contributed by atoms with Gasteiger partial charge in [-0.2, -0.15) is 18.2 Å². The molecule has 1 N–H and O–H groups in total. The van der Waals surface area contributed by atoms with Gasteiger partial charge in [-0.05, 0) is 63.4 Å². The lowest BCUT2D eigenvalue weighted by atomic mass is 9.85. The molecule has 0 aliphatic heterocycles. The zero-order valence-corrected chi connectivity index (χ0v) is 18.7. The van der Waals surface area contributed by atoms with E-state index in [0.29, 0.717) is 39.6 Å². The minimum absolute atomic E-state index is 0.0223. The largest absolute Gasteiger partial charge is 0.478 e. The second-order valence-electron chi connectivity index (χ2n) is 9.08. The molecule has 33 heavy (non-hydrogen) atoms. The van der Waals surface area contributed by atoms with Gasteiger partial charge < -0.3 is 9.63 Å². The average Bonchev–Trinajstić information content (AvgIpc) is 3.40. The SMILES string of the molecule is O=C(O)C1=C(C(=O)Cc2sc3c(c2-c2nc(C4CC4)no2)CCC(C(F)(F)F)C3)CCCC1. The van der Waals surface area contributed by atoms with Crippen LogP contribution in [0.25, 0.3) is 11.5 Å². The Morgan fingerprint density at radius 2 is 1.82 bits per heavy atom. The first-order valence-electron chi connectivity index (χ1n) is 11.2. The Morgan fingerprint density at radius 3 is 2.48 bits per heavy atom. The Kier molecular flexibility index (Phi) is 5.66. The fraction of sp³-hybridized carbons (Fsp3) is 0.565. The number of hydrogen-bond acceptors (Lipinski definition) is 6. The van der Waals surface area contributed by atoms with Gasteiger partial charge in [0.15, 0.2) is 11.6 Å². The molecule has 6 nitrogen and oxygen atoms in total. The van der Waals surface area contributed by atoms with Gasteiger partial charge in [0.2, 0.25) is 0 Å². The fourth-order valence-electron chi connectivity index (χ4n) is 4.84. The minimum atomic E-state index is -4.27. The molecule has 0 saturated heterocycles. The summed E-state index contributed by atoms with van der Waals surface area (Å²) in [7, 11) is 0. The van der Waals surface area contributed by atoms with E-state index < -0.39 is 18.1 Å². The van der Waals surface area contributed by atoms with E-state index in [0.717, 1.165) is 31.2 Å². The minimum Gasteiger partial charge on any atom is -0.478 e. The zero-order valence-electron chi connectivity index (χ0n) is 17.8. The molecule has 5 rings (SSSR count). The quantitative estimate of drug-likeness (QED) is 0.594. The van der Waals surface area contributed by atoms with Crippen molar-refractivity contribution in [2.24, 2.45) is 5.92 Å². The predicted octanol–water partition coefficient (Wildman–Crippen LogP) is 5.41. The highest BCUT2D eigenvalue weighted by molar-refractivity contribution is 7.12. The number of hydrogen-bond donors (Lipinski definition) is 1. The van der Waals surface area contributed by atoms with Gasteiger partial charge in [-0.15, -0.1) is 11.3 Å². The molecule has 2 aromatic rings. The van der Waals surface area contributed by atoms with Crippen LogP contribution in [0, 0.1) is 5.92 Å². The van der Waals surface area contributed by atoms with Gasteiger partial charge >= 0.3 is 12.1 Å². The molecular formula is C23H23F3N2O4S. The number of Topliss-reactive ketones (excluding diaryl/α,β-unsaturated/α-hetero) is 1. The summed E-state index contributed by atoms with van der Waals surface area (Å²) < 4.78 is 45.7. The van der Waals surface area contributed by atoms with E-state index in [1.165, 1.54) is 11.3 Å². The number of carboxylic acid groups (broad SMARTS) is 1. The number of aromatic nitrogens is 2. The lowest BCUT2D eigenvalue weighted by Crippen LogP contribution is -2.28. The van der Waals surface area contributed by atoms with Gasteiger partial charge in [0.05, 0.1) is 11.5 Å². The Labute approximate surface area is 191 Å². The van der Waals surface area contributed by atoms with Crippen LogP contribution in [0.15, 0.2) is 15.7 Å². The number of thiophene rings is 1. The molecule has 0 aromatic carbocycles. The van der Waals surface area contributed by atoms with E-state index in [2.05, 4.69) is 10.1 Å². The first kappa shape index (κ1) is 22.3. The average molecular weight is 481 g/mol.